The number of hydrogen-bond acceptors (Lipinski definition) is 8. The van der Waals surface area contributed by atoms with Crippen molar-refractivity contribution in [2.75, 3.05) is 6.61 Å². The molecule has 0 atom stereocenters. The molecule has 3 aromatic carbocycles. The minimum atomic E-state index is -0.686. The minimum absolute atomic E-state index is 0.127. The topological polar surface area (TPSA) is 129 Å². The summed E-state index contributed by atoms with van der Waals surface area (Å²) in [5, 5.41) is 14.8. The lowest BCUT2D eigenvalue weighted by molar-refractivity contribution is -0.384. The number of hydrazone groups is 1. The van der Waals surface area contributed by atoms with Crippen LogP contribution < -0.4 is 14.9 Å². The molecule has 0 saturated heterocycles. The molecule has 10 heteroatoms. The summed E-state index contributed by atoms with van der Waals surface area (Å²) in [7, 11) is 0. The van der Waals surface area contributed by atoms with Crippen LogP contribution in [0.3, 0.4) is 0 Å². The quantitative estimate of drug-likeness (QED) is 0.171. The Morgan fingerprint density at radius 2 is 1.77 bits per heavy atom. The predicted octanol–water partition coefficient (Wildman–Crippen LogP) is 4.01. The molecule has 1 N–H and O–H groups in total. The Bertz CT molecular complexity index is 1300. The van der Waals surface area contributed by atoms with Crippen LogP contribution in [-0.2, 0) is 18.0 Å². The normalized spacial score (nSPS) is 12.3. The SMILES string of the molecule is CCOc1cc(C=NNC(=O)c2ccc3c(c2)COC3)ccc1OC(=O)c1ccc([N+](=O)[O-])cc1. The lowest BCUT2D eigenvalue weighted by Gasteiger charge is -2.11. The Morgan fingerprint density at radius 1 is 1.03 bits per heavy atom. The van der Waals surface area contributed by atoms with Crippen molar-refractivity contribution >= 4 is 23.8 Å². The molecule has 0 aromatic heterocycles. The lowest BCUT2D eigenvalue weighted by atomic mass is 10.1. The van der Waals surface area contributed by atoms with E-state index in [0.29, 0.717) is 36.7 Å². The van der Waals surface area contributed by atoms with Crippen molar-refractivity contribution in [1.82, 2.24) is 5.43 Å². The van der Waals surface area contributed by atoms with E-state index in [1.807, 2.05) is 6.07 Å². The Balaban J connectivity index is 1.42. The number of fused-ring (bicyclic) bond motifs is 1. The van der Waals surface area contributed by atoms with Crippen LogP contribution in [0.4, 0.5) is 5.69 Å². The maximum atomic E-state index is 12.5. The smallest absolute Gasteiger partial charge is 0.343 e. The van der Waals surface area contributed by atoms with E-state index in [-0.39, 0.29) is 22.9 Å². The van der Waals surface area contributed by atoms with Crippen LogP contribution in [0.2, 0.25) is 0 Å². The van der Waals surface area contributed by atoms with Gasteiger partial charge in [0.15, 0.2) is 11.5 Å². The molecule has 0 aliphatic carbocycles. The number of non-ortho nitro benzene ring substituents is 1. The van der Waals surface area contributed by atoms with Crippen LogP contribution in [0, 0.1) is 10.1 Å². The Labute approximate surface area is 200 Å². The number of carbonyl (C=O) groups is 2. The zero-order valence-corrected chi connectivity index (χ0v) is 18.7. The predicted molar refractivity (Wildman–Crippen MR) is 126 cm³/mol. The number of nitro groups is 1. The molecule has 0 unspecified atom stereocenters. The first-order valence-electron chi connectivity index (χ1n) is 10.7. The fraction of sp³-hybridized carbons (Fsp3) is 0.160. The van der Waals surface area contributed by atoms with Crippen LogP contribution in [0.1, 0.15) is 44.3 Å². The van der Waals surface area contributed by atoms with Crippen molar-refractivity contribution in [2.45, 2.75) is 20.1 Å². The summed E-state index contributed by atoms with van der Waals surface area (Å²) in [6.45, 7) is 3.14. The molecule has 0 radical (unpaired) electrons. The van der Waals surface area contributed by atoms with Crippen LogP contribution in [0.15, 0.2) is 65.8 Å². The van der Waals surface area contributed by atoms with E-state index in [9.17, 15) is 19.7 Å². The Morgan fingerprint density at radius 3 is 2.51 bits per heavy atom. The first-order valence-corrected chi connectivity index (χ1v) is 10.7. The molecule has 1 amide bonds. The average molecular weight is 475 g/mol. The fourth-order valence-electron chi connectivity index (χ4n) is 3.38. The number of ether oxygens (including phenoxy) is 3. The maximum Gasteiger partial charge on any atom is 0.343 e. The highest BCUT2D eigenvalue weighted by Crippen LogP contribution is 2.29. The van der Waals surface area contributed by atoms with Gasteiger partial charge in [-0.25, -0.2) is 10.2 Å². The van der Waals surface area contributed by atoms with E-state index in [0.717, 1.165) is 11.1 Å². The second-order valence-corrected chi connectivity index (χ2v) is 7.51. The number of nitro benzene ring substituents is 1. The third-order valence-electron chi connectivity index (χ3n) is 5.15. The van der Waals surface area contributed by atoms with Gasteiger partial charge >= 0.3 is 5.97 Å². The van der Waals surface area contributed by atoms with Crippen molar-refractivity contribution < 1.29 is 28.7 Å². The van der Waals surface area contributed by atoms with Gasteiger partial charge in [0, 0.05) is 17.7 Å². The van der Waals surface area contributed by atoms with Crippen molar-refractivity contribution in [3.63, 3.8) is 0 Å². The number of nitrogens with zero attached hydrogens (tertiary/aromatic N) is 2. The van der Waals surface area contributed by atoms with Gasteiger partial charge in [0.05, 0.1) is 36.5 Å². The van der Waals surface area contributed by atoms with Gasteiger partial charge in [0.2, 0.25) is 0 Å². The van der Waals surface area contributed by atoms with Crippen LogP contribution in [-0.4, -0.2) is 29.6 Å². The van der Waals surface area contributed by atoms with Gasteiger partial charge in [0.1, 0.15) is 0 Å². The van der Waals surface area contributed by atoms with E-state index in [4.69, 9.17) is 14.2 Å². The standard InChI is InChI=1S/C25H21N3O7/c1-2-34-23-11-16(13-26-27-24(29)18-4-5-19-14-33-15-20(19)12-18)3-10-22(23)35-25(30)17-6-8-21(9-7-17)28(31)32/h3-13H,2,14-15H2,1H3,(H,27,29). The second kappa shape index (κ2) is 10.6. The zero-order chi connectivity index (χ0) is 24.8. The second-order valence-electron chi connectivity index (χ2n) is 7.51. The summed E-state index contributed by atoms with van der Waals surface area (Å²) < 4.78 is 16.4. The van der Waals surface area contributed by atoms with Crippen molar-refractivity contribution in [2.24, 2.45) is 5.10 Å². The number of hydrogen-bond donors (Lipinski definition) is 1. The minimum Gasteiger partial charge on any atom is -0.490 e. The Kier molecular flexibility index (Phi) is 7.12. The van der Waals surface area contributed by atoms with Crippen LogP contribution in [0.5, 0.6) is 11.5 Å². The number of nitrogens with one attached hydrogen (secondary N) is 1. The maximum absolute atomic E-state index is 12.5. The summed E-state index contributed by atoms with van der Waals surface area (Å²) in [6.07, 6.45) is 1.44. The number of rotatable bonds is 8. The molecule has 1 aliphatic rings. The Hall–Kier alpha value is -4.57. The van der Waals surface area contributed by atoms with Crippen molar-refractivity contribution in [1.29, 1.82) is 0 Å². The number of esters is 1. The summed E-state index contributed by atoms with van der Waals surface area (Å²) in [5.74, 6) is -0.558. The number of amides is 1. The van der Waals surface area contributed by atoms with Crippen LogP contribution in [0.25, 0.3) is 0 Å². The highest BCUT2D eigenvalue weighted by Gasteiger charge is 2.16. The molecule has 1 heterocycles. The van der Waals surface area contributed by atoms with Crippen LogP contribution >= 0.6 is 0 Å². The van der Waals surface area contributed by atoms with Gasteiger partial charge < -0.3 is 14.2 Å². The lowest BCUT2D eigenvalue weighted by Crippen LogP contribution is -2.17. The largest absolute Gasteiger partial charge is 0.490 e. The molecule has 4 rings (SSSR count). The molecular formula is C25H21N3O7. The molecule has 1 aliphatic heterocycles. The summed E-state index contributed by atoms with van der Waals surface area (Å²) in [5.41, 5.74) is 5.66. The van der Waals surface area contributed by atoms with Gasteiger partial charge in [-0.2, -0.15) is 5.10 Å². The molecule has 35 heavy (non-hydrogen) atoms. The first-order chi connectivity index (χ1) is 16.9. The van der Waals surface area contributed by atoms with E-state index in [1.54, 1.807) is 31.2 Å². The molecule has 0 saturated carbocycles. The van der Waals surface area contributed by atoms with Gasteiger partial charge in [0.25, 0.3) is 11.6 Å². The summed E-state index contributed by atoms with van der Waals surface area (Å²) >= 11 is 0. The molecule has 3 aromatic rings. The van der Waals surface area contributed by atoms with E-state index >= 15 is 0 Å². The highest BCUT2D eigenvalue weighted by atomic mass is 16.6. The summed E-state index contributed by atoms with van der Waals surface area (Å²) in [4.78, 5) is 35.1. The highest BCUT2D eigenvalue weighted by molar-refractivity contribution is 5.95. The van der Waals surface area contributed by atoms with Crippen molar-refractivity contribution in [3.8, 4) is 11.5 Å². The number of benzene rings is 3. The molecule has 178 valence electrons. The molecule has 0 fully saturated rings. The summed E-state index contributed by atoms with van der Waals surface area (Å²) in [6, 6.07) is 15.3. The number of carbonyl (C=O) groups excluding carboxylic acids is 2. The molecular weight excluding hydrogens is 454 g/mol. The third-order valence-corrected chi connectivity index (χ3v) is 5.15. The average Bonchev–Trinajstić information content (AvgIpc) is 3.33. The van der Waals surface area contributed by atoms with E-state index in [1.165, 1.54) is 36.5 Å². The first kappa shape index (κ1) is 23.6. The van der Waals surface area contributed by atoms with Gasteiger partial charge in [-0.05, 0) is 66.1 Å². The monoisotopic (exact) mass is 475 g/mol. The zero-order valence-electron chi connectivity index (χ0n) is 18.7. The van der Waals surface area contributed by atoms with Crippen molar-refractivity contribution in [3.05, 3.63) is 98.6 Å². The van der Waals surface area contributed by atoms with Gasteiger partial charge in [-0.1, -0.05) is 6.07 Å². The molecule has 0 bridgehead atoms. The van der Waals surface area contributed by atoms with E-state index in [2.05, 4.69) is 10.5 Å². The van der Waals surface area contributed by atoms with Gasteiger partial charge in [-0.3, -0.25) is 14.9 Å². The third kappa shape index (κ3) is 5.68. The fourth-order valence-corrected chi connectivity index (χ4v) is 3.38. The molecule has 0 spiro atoms. The molecule has 10 nitrogen and oxygen atoms in total. The van der Waals surface area contributed by atoms with Gasteiger partial charge in [-0.15, -0.1) is 0 Å². The van der Waals surface area contributed by atoms with E-state index < -0.39 is 10.9 Å².